The highest BCUT2D eigenvalue weighted by atomic mass is 79.9. The minimum Gasteiger partial charge on any atom is -0.399 e. The summed E-state index contributed by atoms with van der Waals surface area (Å²) in [5.41, 5.74) is 9.07. The topological polar surface area (TPSA) is 55.1 Å². The molecule has 21 heavy (non-hydrogen) atoms. The first-order valence-electron chi connectivity index (χ1n) is 6.12. The van der Waals surface area contributed by atoms with Crippen molar-refractivity contribution in [2.75, 3.05) is 11.1 Å². The molecule has 2 aromatic rings. The van der Waals surface area contributed by atoms with Crippen molar-refractivity contribution in [1.82, 2.24) is 0 Å². The number of carbonyl (C=O) groups is 1. The molecule has 3 nitrogen and oxygen atoms in total. The van der Waals surface area contributed by atoms with Crippen LogP contribution in [0.1, 0.15) is 21.5 Å². The Labute approximate surface area is 141 Å². The van der Waals surface area contributed by atoms with Crippen LogP contribution in [-0.2, 0) is 0 Å². The number of carbonyl (C=O) groups excluding carboxylic acids is 1. The molecule has 0 spiro atoms. The third kappa shape index (κ3) is 3.51. The molecule has 0 fully saturated rings. The molecule has 0 bridgehead atoms. The monoisotopic (exact) mass is 386 g/mol. The first-order valence-corrected chi connectivity index (χ1v) is 7.67. The van der Waals surface area contributed by atoms with Gasteiger partial charge < -0.3 is 11.1 Å². The second-order valence-corrected chi connectivity index (χ2v) is 6.40. The second kappa shape index (κ2) is 6.26. The number of benzene rings is 2. The number of amides is 1. The van der Waals surface area contributed by atoms with Gasteiger partial charge in [0.1, 0.15) is 0 Å². The lowest BCUT2D eigenvalue weighted by atomic mass is 10.1. The summed E-state index contributed by atoms with van der Waals surface area (Å²) in [5.74, 6) is -0.359. The van der Waals surface area contributed by atoms with Gasteiger partial charge in [0, 0.05) is 10.2 Å². The van der Waals surface area contributed by atoms with Crippen molar-refractivity contribution < 1.29 is 4.79 Å². The molecule has 110 valence electrons. The van der Waals surface area contributed by atoms with E-state index in [0.717, 1.165) is 15.6 Å². The number of halogens is 3. The van der Waals surface area contributed by atoms with E-state index in [4.69, 9.17) is 28.9 Å². The van der Waals surface area contributed by atoms with Crippen LogP contribution in [0.15, 0.2) is 28.7 Å². The Bertz CT molecular complexity index is 709. The minimum atomic E-state index is -0.359. The Balaban J connectivity index is 2.40. The highest BCUT2D eigenvalue weighted by molar-refractivity contribution is 9.10. The highest BCUT2D eigenvalue weighted by Gasteiger charge is 2.16. The lowest BCUT2D eigenvalue weighted by Gasteiger charge is -2.13. The van der Waals surface area contributed by atoms with Crippen molar-refractivity contribution in [3.05, 3.63) is 55.5 Å². The summed E-state index contributed by atoms with van der Waals surface area (Å²) in [4.78, 5) is 12.4. The van der Waals surface area contributed by atoms with Crippen LogP contribution in [0.25, 0.3) is 0 Å². The fourth-order valence-electron chi connectivity index (χ4n) is 2.03. The standard InChI is InChI=1S/C15H13BrCl2N2O/c1-7-3-8(2)14(11(16)4-7)20-15(21)10-5-9(19)6-12(17)13(10)18/h3-6H,19H2,1-2H3,(H,20,21). The van der Waals surface area contributed by atoms with Gasteiger partial charge in [0.05, 0.1) is 21.3 Å². The smallest absolute Gasteiger partial charge is 0.257 e. The SMILES string of the molecule is Cc1cc(C)c(NC(=O)c2cc(N)cc(Cl)c2Cl)c(Br)c1. The number of hydrogen-bond donors (Lipinski definition) is 2. The molecule has 0 radical (unpaired) electrons. The van der Waals surface area contributed by atoms with E-state index in [9.17, 15) is 4.79 Å². The highest BCUT2D eigenvalue weighted by Crippen LogP contribution is 2.32. The Kier molecular flexibility index (Phi) is 4.81. The van der Waals surface area contributed by atoms with Crippen LogP contribution in [0.4, 0.5) is 11.4 Å². The van der Waals surface area contributed by atoms with Gasteiger partial charge in [-0.25, -0.2) is 0 Å². The fraction of sp³-hybridized carbons (Fsp3) is 0.133. The molecule has 1 amide bonds. The average molecular weight is 388 g/mol. The van der Waals surface area contributed by atoms with Gasteiger partial charge in [-0.3, -0.25) is 4.79 Å². The summed E-state index contributed by atoms with van der Waals surface area (Å²) in [6.07, 6.45) is 0. The Morgan fingerprint density at radius 1 is 1.19 bits per heavy atom. The van der Waals surface area contributed by atoms with Crippen LogP contribution in [0.5, 0.6) is 0 Å². The zero-order chi connectivity index (χ0) is 15.7. The molecule has 0 saturated heterocycles. The average Bonchev–Trinajstić information content (AvgIpc) is 2.37. The molecule has 6 heteroatoms. The van der Waals surface area contributed by atoms with Crippen molar-refractivity contribution >= 4 is 56.4 Å². The Morgan fingerprint density at radius 2 is 1.86 bits per heavy atom. The van der Waals surface area contributed by atoms with Crippen molar-refractivity contribution in [2.45, 2.75) is 13.8 Å². The summed E-state index contributed by atoms with van der Waals surface area (Å²) in [7, 11) is 0. The van der Waals surface area contributed by atoms with Crippen LogP contribution in [0.2, 0.25) is 10.0 Å². The zero-order valence-corrected chi connectivity index (χ0v) is 14.5. The molecule has 0 aromatic heterocycles. The van der Waals surface area contributed by atoms with Gasteiger partial charge in [0.25, 0.3) is 5.91 Å². The summed E-state index contributed by atoms with van der Waals surface area (Å²) in [5, 5.41) is 3.27. The van der Waals surface area contributed by atoms with E-state index in [0.29, 0.717) is 11.4 Å². The normalized spacial score (nSPS) is 10.5. The summed E-state index contributed by atoms with van der Waals surface area (Å²) >= 11 is 15.5. The number of nitrogen functional groups attached to an aromatic ring is 1. The van der Waals surface area contributed by atoms with Crippen molar-refractivity contribution in [3.63, 3.8) is 0 Å². The molecule has 0 aliphatic heterocycles. The third-order valence-corrected chi connectivity index (χ3v) is 4.39. The van der Waals surface area contributed by atoms with E-state index in [2.05, 4.69) is 21.2 Å². The first-order chi connectivity index (χ1) is 9.79. The van der Waals surface area contributed by atoms with Crippen molar-refractivity contribution in [3.8, 4) is 0 Å². The van der Waals surface area contributed by atoms with E-state index in [1.54, 1.807) is 0 Å². The predicted molar refractivity (Wildman–Crippen MR) is 92.4 cm³/mol. The summed E-state index contributed by atoms with van der Waals surface area (Å²) in [6.45, 7) is 3.90. The number of nitrogens with one attached hydrogen (secondary N) is 1. The van der Waals surface area contributed by atoms with Crippen LogP contribution in [0, 0.1) is 13.8 Å². The predicted octanol–water partition coefficient (Wildman–Crippen LogP) is 5.21. The largest absolute Gasteiger partial charge is 0.399 e. The molecule has 3 N–H and O–H groups in total. The van der Waals surface area contributed by atoms with Gasteiger partial charge in [-0.15, -0.1) is 0 Å². The molecule has 0 saturated carbocycles. The third-order valence-electron chi connectivity index (χ3n) is 2.97. The van der Waals surface area contributed by atoms with Crippen LogP contribution < -0.4 is 11.1 Å². The lowest BCUT2D eigenvalue weighted by molar-refractivity contribution is 0.102. The maximum atomic E-state index is 12.4. The zero-order valence-electron chi connectivity index (χ0n) is 11.4. The molecule has 0 aliphatic carbocycles. The van der Waals surface area contributed by atoms with E-state index in [1.165, 1.54) is 12.1 Å². The van der Waals surface area contributed by atoms with Gasteiger partial charge in [-0.2, -0.15) is 0 Å². The van der Waals surface area contributed by atoms with E-state index >= 15 is 0 Å². The van der Waals surface area contributed by atoms with Gasteiger partial charge in [0.2, 0.25) is 0 Å². The van der Waals surface area contributed by atoms with Gasteiger partial charge in [-0.05, 0) is 59.1 Å². The fourth-order valence-corrected chi connectivity index (χ4v) is 3.23. The molecule has 2 rings (SSSR count). The molecular formula is C15H13BrCl2N2O. The van der Waals surface area contributed by atoms with E-state index < -0.39 is 0 Å². The van der Waals surface area contributed by atoms with E-state index in [1.807, 2.05) is 26.0 Å². The van der Waals surface area contributed by atoms with Crippen molar-refractivity contribution in [1.29, 1.82) is 0 Å². The molecule has 0 aliphatic rings. The number of hydrogen-bond acceptors (Lipinski definition) is 2. The van der Waals surface area contributed by atoms with Crippen LogP contribution in [0.3, 0.4) is 0 Å². The van der Waals surface area contributed by atoms with Gasteiger partial charge in [0.15, 0.2) is 0 Å². The number of aryl methyl sites for hydroxylation is 2. The summed E-state index contributed by atoms with van der Waals surface area (Å²) in [6, 6.07) is 6.92. The summed E-state index contributed by atoms with van der Waals surface area (Å²) < 4.78 is 0.805. The number of nitrogens with two attached hydrogens (primary N) is 1. The number of rotatable bonds is 2. The quantitative estimate of drug-likeness (QED) is 0.695. The molecule has 0 atom stereocenters. The maximum absolute atomic E-state index is 12.4. The minimum absolute atomic E-state index is 0.184. The van der Waals surface area contributed by atoms with Crippen LogP contribution >= 0.6 is 39.1 Å². The second-order valence-electron chi connectivity index (χ2n) is 4.76. The first kappa shape index (κ1) is 16.1. The number of anilines is 2. The Morgan fingerprint density at radius 3 is 2.48 bits per heavy atom. The van der Waals surface area contributed by atoms with Gasteiger partial charge >= 0.3 is 0 Å². The van der Waals surface area contributed by atoms with E-state index in [-0.39, 0.29) is 21.5 Å². The Hall–Kier alpha value is -1.23. The molecule has 2 aromatic carbocycles. The lowest BCUT2D eigenvalue weighted by Crippen LogP contribution is -2.14. The molecular weight excluding hydrogens is 375 g/mol. The van der Waals surface area contributed by atoms with Gasteiger partial charge in [-0.1, -0.05) is 29.3 Å². The maximum Gasteiger partial charge on any atom is 0.257 e. The van der Waals surface area contributed by atoms with Crippen molar-refractivity contribution in [2.24, 2.45) is 0 Å². The van der Waals surface area contributed by atoms with Crippen LogP contribution in [-0.4, -0.2) is 5.91 Å². The molecule has 0 heterocycles. The molecule has 0 unspecified atom stereocenters.